The van der Waals surface area contributed by atoms with Gasteiger partial charge in [-0.1, -0.05) is 23.3 Å². The minimum atomic E-state index is -0.778. The van der Waals surface area contributed by atoms with Crippen LogP contribution in [0.15, 0.2) is 40.3 Å². The van der Waals surface area contributed by atoms with Gasteiger partial charge in [0.2, 0.25) is 0 Å². The van der Waals surface area contributed by atoms with Crippen LogP contribution in [0, 0.1) is 0 Å². The van der Waals surface area contributed by atoms with Crippen molar-refractivity contribution in [2.45, 2.75) is 10.9 Å². The maximum absolute atomic E-state index is 11.2. The van der Waals surface area contributed by atoms with Crippen molar-refractivity contribution in [1.82, 2.24) is 0 Å². The van der Waals surface area contributed by atoms with Gasteiger partial charge in [-0.15, -0.1) is 11.8 Å². The second kappa shape index (κ2) is 6.76. The van der Waals surface area contributed by atoms with Crippen LogP contribution >= 0.6 is 11.8 Å². The van der Waals surface area contributed by atoms with Gasteiger partial charge < -0.3 is 4.74 Å². The predicted octanol–water partition coefficient (Wildman–Crippen LogP) is 2.63. The highest BCUT2D eigenvalue weighted by Crippen LogP contribution is 2.19. The number of hydrogen-bond acceptors (Lipinski definition) is 4. The van der Waals surface area contributed by atoms with Crippen molar-refractivity contribution in [2.24, 2.45) is 5.11 Å². The van der Waals surface area contributed by atoms with Crippen molar-refractivity contribution < 1.29 is 9.53 Å². The number of methoxy groups -OCH3 is 1. The Labute approximate surface area is 97.4 Å². The number of azide groups is 1. The number of esters is 1. The quantitative estimate of drug-likeness (QED) is 0.260. The Kier molecular flexibility index (Phi) is 5.25. The largest absolute Gasteiger partial charge is 0.469 e. The number of carbonyl (C=O) groups excluding carboxylic acids is 1. The smallest absolute Gasteiger partial charge is 0.315 e. The summed E-state index contributed by atoms with van der Waals surface area (Å²) in [4.78, 5) is 14.9. The zero-order valence-electron chi connectivity index (χ0n) is 8.74. The SMILES string of the molecule is COC(=O)C(CSc1ccccc1)N=[N+]=[N-]. The predicted molar refractivity (Wildman–Crippen MR) is 62.1 cm³/mol. The summed E-state index contributed by atoms with van der Waals surface area (Å²) in [6.45, 7) is 0. The third kappa shape index (κ3) is 3.84. The molecular weight excluding hydrogens is 226 g/mol. The molecule has 1 rings (SSSR count). The molecule has 1 atom stereocenters. The first-order chi connectivity index (χ1) is 7.77. The number of carbonyl (C=O) groups is 1. The number of benzene rings is 1. The molecule has 1 unspecified atom stereocenters. The second-order valence-corrected chi connectivity index (χ2v) is 3.96. The average Bonchev–Trinajstić information content (AvgIpc) is 2.34. The number of ether oxygens (including phenoxy) is 1. The summed E-state index contributed by atoms with van der Waals surface area (Å²) in [5.41, 5.74) is 8.32. The van der Waals surface area contributed by atoms with Crippen LogP contribution in [-0.4, -0.2) is 24.9 Å². The van der Waals surface area contributed by atoms with E-state index in [0.717, 1.165) is 4.90 Å². The van der Waals surface area contributed by atoms with Gasteiger partial charge >= 0.3 is 5.97 Å². The van der Waals surface area contributed by atoms with E-state index in [1.807, 2.05) is 30.3 Å². The molecule has 1 aromatic rings. The highest BCUT2D eigenvalue weighted by Gasteiger charge is 2.17. The molecule has 1 aromatic carbocycles. The summed E-state index contributed by atoms with van der Waals surface area (Å²) in [6, 6.07) is 8.80. The summed E-state index contributed by atoms with van der Waals surface area (Å²) in [7, 11) is 1.27. The Bertz CT molecular complexity index is 390. The van der Waals surface area contributed by atoms with E-state index in [9.17, 15) is 4.79 Å². The maximum Gasteiger partial charge on any atom is 0.315 e. The summed E-state index contributed by atoms with van der Waals surface area (Å²) in [5.74, 6) is -0.137. The molecule has 0 saturated carbocycles. The van der Waals surface area contributed by atoms with Crippen LogP contribution in [0.5, 0.6) is 0 Å². The Morgan fingerprint density at radius 1 is 1.56 bits per heavy atom. The van der Waals surface area contributed by atoms with E-state index >= 15 is 0 Å². The van der Waals surface area contributed by atoms with Crippen LogP contribution in [-0.2, 0) is 9.53 Å². The van der Waals surface area contributed by atoms with Crippen molar-refractivity contribution in [3.8, 4) is 0 Å². The fraction of sp³-hybridized carbons (Fsp3) is 0.300. The lowest BCUT2D eigenvalue weighted by atomic mass is 10.4. The third-order valence-corrected chi connectivity index (χ3v) is 2.90. The summed E-state index contributed by atoms with van der Waals surface area (Å²) >= 11 is 1.45. The number of nitrogens with zero attached hydrogens (tertiary/aromatic N) is 3. The third-order valence-electron chi connectivity index (χ3n) is 1.82. The number of rotatable bonds is 5. The first-order valence-corrected chi connectivity index (χ1v) is 5.56. The molecule has 0 aliphatic rings. The summed E-state index contributed by atoms with van der Waals surface area (Å²) < 4.78 is 4.54. The minimum Gasteiger partial charge on any atom is -0.469 e. The van der Waals surface area contributed by atoms with E-state index in [2.05, 4.69) is 14.8 Å². The van der Waals surface area contributed by atoms with Gasteiger partial charge in [0.25, 0.3) is 0 Å². The number of hydrogen-bond donors (Lipinski definition) is 0. The van der Waals surface area contributed by atoms with Gasteiger partial charge in [-0.25, -0.2) is 0 Å². The van der Waals surface area contributed by atoms with Crippen molar-refractivity contribution >= 4 is 17.7 Å². The van der Waals surface area contributed by atoms with E-state index in [1.165, 1.54) is 18.9 Å². The van der Waals surface area contributed by atoms with Crippen molar-refractivity contribution in [3.63, 3.8) is 0 Å². The van der Waals surface area contributed by atoms with Gasteiger partial charge in [-0.05, 0) is 17.7 Å². The highest BCUT2D eigenvalue weighted by molar-refractivity contribution is 7.99. The van der Waals surface area contributed by atoms with Crippen LogP contribution in [0.4, 0.5) is 0 Å². The summed E-state index contributed by atoms with van der Waals surface area (Å²) in [6.07, 6.45) is 0. The molecule has 0 saturated heterocycles. The number of thioether (sulfide) groups is 1. The van der Waals surface area contributed by atoms with Crippen LogP contribution in [0.2, 0.25) is 0 Å². The Morgan fingerprint density at radius 2 is 2.25 bits per heavy atom. The molecule has 0 aliphatic carbocycles. The fourth-order valence-electron chi connectivity index (χ4n) is 1.04. The molecule has 84 valence electrons. The Morgan fingerprint density at radius 3 is 2.81 bits per heavy atom. The van der Waals surface area contributed by atoms with E-state index < -0.39 is 12.0 Å². The van der Waals surface area contributed by atoms with Crippen LogP contribution < -0.4 is 0 Å². The van der Waals surface area contributed by atoms with Crippen molar-refractivity contribution in [2.75, 3.05) is 12.9 Å². The molecule has 0 N–H and O–H groups in total. The van der Waals surface area contributed by atoms with Crippen LogP contribution in [0.25, 0.3) is 10.4 Å². The molecule has 0 radical (unpaired) electrons. The minimum absolute atomic E-state index is 0.376. The topological polar surface area (TPSA) is 75.1 Å². The maximum atomic E-state index is 11.2. The van der Waals surface area contributed by atoms with E-state index in [-0.39, 0.29) is 0 Å². The molecule has 0 amide bonds. The van der Waals surface area contributed by atoms with Gasteiger partial charge in [0.15, 0.2) is 0 Å². The lowest BCUT2D eigenvalue weighted by Crippen LogP contribution is -2.21. The molecule has 0 fully saturated rings. The van der Waals surface area contributed by atoms with Gasteiger partial charge in [-0.3, -0.25) is 4.79 Å². The molecule has 16 heavy (non-hydrogen) atoms. The average molecular weight is 237 g/mol. The van der Waals surface area contributed by atoms with Gasteiger partial charge in [0, 0.05) is 15.6 Å². The first kappa shape index (κ1) is 12.4. The lowest BCUT2D eigenvalue weighted by Gasteiger charge is -2.07. The van der Waals surface area contributed by atoms with Gasteiger partial charge in [0.05, 0.1) is 7.11 Å². The standard InChI is InChI=1S/C10H11N3O2S/c1-15-10(14)9(12-13-11)7-16-8-5-3-2-4-6-8/h2-6,9H,7H2,1H3. The molecule has 0 aromatic heterocycles. The zero-order chi connectivity index (χ0) is 11.8. The van der Waals surface area contributed by atoms with Gasteiger partial charge in [-0.2, -0.15) is 0 Å². The molecule has 6 heteroatoms. The Hall–Kier alpha value is -1.65. The molecule has 0 aliphatic heterocycles. The van der Waals surface area contributed by atoms with E-state index in [0.29, 0.717) is 5.75 Å². The fourth-order valence-corrected chi connectivity index (χ4v) is 1.94. The monoisotopic (exact) mass is 237 g/mol. The van der Waals surface area contributed by atoms with Crippen LogP contribution in [0.1, 0.15) is 0 Å². The van der Waals surface area contributed by atoms with Crippen molar-refractivity contribution in [1.29, 1.82) is 0 Å². The van der Waals surface area contributed by atoms with Crippen molar-refractivity contribution in [3.05, 3.63) is 40.8 Å². The second-order valence-electron chi connectivity index (χ2n) is 2.87. The molecule has 0 spiro atoms. The summed E-state index contributed by atoms with van der Waals surface area (Å²) in [5, 5.41) is 3.40. The Balaban J connectivity index is 2.57. The molecule has 5 nitrogen and oxygen atoms in total. The van der Waals surface area contributed by atoms with E-state index in [1.54, 1.807) is 0 Å². The first-order valence-electron chi connectivity index (χ1n) is 4.58. The van der Waals surface area contributed by atoms with E-state index in [4.69, 9.17) is 5.53 Å². The highest BCUT2D eigenvalue weighted by atomic mass is 32.2. The zero-order valence-corrected chi connectivity index (χ0v) is 9.55. The normalized spacial score (nSPS) is 11.3. The molecule has 0 heterocycles. The lowest BCUT2D eigenvalue weighted by molar-refractivity contribution is -0.141. The van der Waals surface area contributed by atoms with Gasteiger partial charge in [0.1, 0.15) is 6.04 Å². The van der Waals surface area contributed by atoms with Crippen LogP contribution in [0.3, 0.4) is 0 Å². The molecular formula is C10H11N3O2S. The molecule has 0 bridgehead atoms.